The van der Waals surface area contributed by atoms with E-state index < -0.39 is 5.60 Å². The summed E-state index contributed by atoms with van der Waals surface area (Å²) in [6.45, 7) is 7.71. The van der Waals surface area contributed by atoms with Gasteiger partial charge in [0.05, 0.1) is 12.0 Å². The number of nitrogens with one attached hydrogen (secondary N) is 1. The Hall–Kier alpha value is -1.10. The lowest BCUT2D eigenvalue weighted by Crippen LogP contribution is -2.37. The second-order valence-corrected chi connectivity index (χ2v) is 5.97. The predicted molar refractivity (Wildman–Crippen MR) is 62.7 cm³/mol. The van der Waals surface area contributed by atoms with Crippen LogP contribution in [0.15, 0.2) is 0 Å². The van der Waals surface area contributed by atoms with E-state index in [2.05, 4.69) is 5.32 Å². The lowest BCUT2D eigenvalue weighted by molar-refractivity contribution is -0.123. The molecule has 2 aliphatic rings. The minimum atomic E-state index is -0.510. The number of amides is 1. The number of likely N-dealkylation sites (tertiary alicyclic amines) is 1. The summed E-state index contributed by atoms with van der Waals surface area (Å²) in [7, 11) is 0. The first-order chi connectivity index (χ1) is 7.82. The van der Waals surface area contributed by atoms with Gasteiger partial charge in [-0.25, -0.2) is 4.79 Å². The van der Waals surface area contributed by atoms with Crippen LogP contribution in [0.3, 0.4) is 0 Å². The molecular formula is C12H20N2O3. The zero-order chi connectivity index (χ0) is 12.7. The summed E-state index contributed by atoms with van der Waals surface area (Å²) in [5.41, 5.74) is -0.860. The number of carbonyl (C=O) groups excluding carboxylic acids is 2. The molecule has 2 fully saturated rings. The number of hydrogen-bond donors (Lipinski definition) is 1. The number of ether oxygens (including phenoxy) is 1. The lowest BCUT2D eigenvalue weighted by atomic mass is 9.85. The fraction of sp³-hybridized carbons (Fsp3) is 0.833. The van der Waals surface area contributed by atoms with Gasteiger partial charge in [-0.05, 0) is 33.7 Å². The molecule has 0 aromatic carbocycles. The fourth-order valence-electron chi connectivity index (χ4n) is 2.42. The van der Waals surface area contributed by atoms with Crippen molar-refractivity contribution in [3.63, 3.8) is 0 Å². The standard InChI is InChI=1S/C12H20N2O3/c1-11(2,3)17-10(16)14-6-9(15)12(8-14)4-5-13-7-12/h13H,4-8H2,1-3H3. The van der Waals surface area contributed by atoms with Gasteiger partial charge in [0.15, 0.2) is 5.78 Å². The first-order valence-electron chi connectivity index (χ1n) is 6.04. The molecule has 1 atom stereocenters. The molecular weight excluding hydrogens is 220 g/mol. The van der Waals surface area contributed by atoms with Gasteiger partial charge in [0.25, 0.3) is 0 Å². The van der Waals surface area contributed by atoms with Crippen LogP contribution in [0.4, 0.5) is 4.79 Å². The minimum Gasteiger partial charge on any atom is -0.444 e. The van der Waals surface area contributed by atoms with Gasteiger partial charge in [-0.15, -0.1) is 0 Å². The van der Waals surface area contributed by atoms with Gasteiger partial charge >= 0.3 is 6.09 Å². The highest BCUT2D eigenvalue weighted by Crippen LogP contribution is 2.33. The van der Waals surface area contributed by atoms with Crippen molar-refractivity contribution < 1.29 is 14.3 Å². The van der Waals surface area contributed by atoms with Gasteiger partial charge in [-0.1, -0.05) is 0 Å². The van der Waals surface area contributed by atoms with Crippen LogP contribution < -0.4 is 5.32 Å². The normalized spacial score (nSPS) is 29.1. The number of nitrogens with zero attached hydrogens (tertiary/aromatic N) is 1. The van der Waals surface area contributed by atoms with Crippen molar-refractivity contribution in [1.82, 2.24) is 10.2 Å². The third kappa shape index (κ3) is 2.44. The predicted octanol–water partition coefficient (Wildman–Crippen LogP) is 0.786. The second-order valence-electron chi connectivity index (χ2n) is 5.97. The molecule has 1 N–H and O–H groups in total. The van der Waals surface area contributed by atoms with Gasteiger partial charge in [-0.2, -0.15) is 0 Å². The Balaban J connectivity index is 2.01. The number of Topliss-reactive ketones (excluding diaryl/α,β-unsaturated/α-hetero) is 1. The maximum Gasteiger partial charge on any atom is 0.410 e. The van der Waals surface area contributed by atoms with Gasteiger partial charge in [0, 0.05) is 13.1 Å². The molecule has 5 nitrogen and oxygen atoms in total. The van der Waals surface area contributed by atoms with E-state index in [4.69, 9.17) is 4.74 Å². The van der Waals surface area contributed by atoms with Crippen molar-refractivity contribution in [3.05, 3.63) is 0 Å². The van der Waals surface area contributed by atoms with Gasteiger partial charge < -0.3 is 10.1 Å². The van der Waals surface area contributed by atoms with E-state index in [1.165, 1.54) is 4.90 Å². The molecule has 0 aromatic rings. The van der Waals surface area contributed by atoms with E-state index in [-0.39, 0.29) is 23.8 Å². The molecule has 96 valence electrons. The largest absolute Gasteiger partial charge is 0.444 e. The van der Waals surface area contributed by atoms with Crippen LogP contribution >= 0.6 is 0 Å². The summed E-state index contributed by atoms with van der Waals surface area (Å²) in [6.07, 6.45) is 0.445. The van der Waals surface area contributed by atoms with Crippen LogP contribution in [0.2, 0.25) is 0 Å². The van der Waals surface area contributed by atoms with Crippen molar-refractivity contribution in [2.24, 2.45) is 5.41 Å². The molecule has 0 aliphatic carbocycles. The molecule has 0 bridgehead atoms. The van der Waals surface area contributed by atoms with Crippen molar-refractivity contribution in [1.29, 1.82) is 0 Å². The summed E-state index contributed by atoms with van der Waals surface area (Å²) in [5.74, 6) is 0.161. The molecule has 5 heteroatoms. The molecule has 0 radical (unpaired) electrons. The number of ketones is 1. The van der Waals surface area contributed by atoms with E-state index in [1.54, 1.807) is 0 Å². The Morgan fingerprint density at radius 1 is 1.47 bits per heavy atom. The molecule has 2 rings (SSSR count). The lowest BCUT2D eigenvalue weighted by Gasteiger charge is -2.25. The molecule has 1 spiro atoms. The highest BCUT2D eigenvalue weighted by molar-refractivity contribution is 5.93. The summed E-state index contributed by atoms with van der Waals surface area (Å²) < 4.78 is 5.29. The molecule has 0 saturated carbocycles. The number of hydrogen-bond acceptors (Lipinski definition) is 4. The molecule has 17 heavy (non-hydrogen) atoms. The third-order valence-corrected chi connectivity index (χ3v) is 3.31. The SMILES string of the molecule is CC(C)(C)OC(=O)N1CC(=O)C2(CCNC2)C1. The van der Waals surface area contributed by atoms with Crippen molar-refractivity contribution in [2.75, 3.05) is 26.2 Å². The molecule has 2 heterocycles. The van der Waals surface area contributed by atoms with Crippen LogP contribution in [-0.4, -0.2) is 48.6 Å². The van der Waals surface area contributed by atoms with Crippen LogP contribution in [0.25, 0.3) is 0 Å². The van der Waals surface area contributed by atoms with Gasteiger partial charge in [0.1, 0.15) is 5.60 Å². The Bertz CT molecular complexity index is 340. The first-order valence-corrected chi connectivity index (χ1v) is 6.04. The average molecular weight is 240 g/mol. The maximum absolute atomic E-state index is 12.0. The van der Waals surface area contributed by atoms with E-state index in [1.807, 2.05) is 20.8 Å². The summed E-state index contributed by atoms with van der Waals surface area (Å²) in [5, 5.41) is 3.19. The molecule has 2 aliphatic heterocycles. The van der Waals surface area contributed by atoms with Crippen molar-refractivity contribution in [2.45, 2.75) is 32.8 Å². The fourth-order valence-corrected chi connectivity index (χ4v) is 2.42. The van der Waals surface area contributed by atoms with E-state index >= 15 is 0 Å². The Labute approximate surface area is 101 Å². The van der Waals surface area contributed by atoms with E-state index in [0.29, 0.717) is 13.1 Å². The van der Waals surface area contributed by atoms with Crippen molar-refractivity contribution in [3.8, 4) is 0 Å². The van der Waals surface area contributed by atoms with Crippen LogP contribution in [0.1, 0.15) is 27.2 Å². The topological polar surface area (TPSA) is 58.6 Å². The van der Waals surface area contributed by atoms with Crippen LogP contribution in [-0.2, 0) is 9.53 Å². The third-order valence-electron chi connectivity index (χ3n) is 3.31. The van der Waals surface area contributed by atoms with Crippen molar-refractivity contribution >= 4 is 11.9 Å². The smallest absolute Gasteiger partial charge is 0.410 e. The zero-order valence-electron chi connectivity index (χ0n) is 10.7. The molecule has 1 amide bonds. The highest BCUT2D eigenvalue weighted by atomic mass is 16.6. The monoisotopic (exact) mass is 240 g/mol. The quantitative estimate of drug-likeness (QED) is 0.680. The molecule has 0 aromatic heterocycles. The maximum atomic E-state index is 12.0. The average Bonchev–Trinajstić information content (AvgIpc) is 2.74. The Morgan fingerprint density at radius 2 is 2.18 bits per heavy atom. The highest BCUT2D eigenvalue weighted by Gasteiger charge is 2.49. The Morgan fingerprint density at radius 3 is 2.71 bits per heavy atom. The minimum absolute atomic E-state index is 0.161. The van der Waals surface area contributed by atoms with Gasteiger partial charge in [-0.3, -0.25) is 9.69 Å². The first kappa shape index (κ1) is 12.4. The number of rotatable bonds is 0. The molecule has 2 saturated heterocycles. The zero-order valence-corrected chi connectivity index (χ0v) is 10.7. The molecule has 1 unspecified atom stereocenters. The second kappa shape index (κ2) is 3.98. The van der Waals surface area contributed by atoms with Crippen LogP contribution in [0.5, 0.6) is 0 Å². The summed E-state index contributed by atoms with van der Waals surface area (Å²) in [4.78, 5) is 25.4. The van der Waals surface area contributed by atoms with E-state index in [9.17, 15) is 9.59 Å². The van der Waals surface area contributed by atoms with Gasteiger partial charge in [0.2, 0.25) is 0 Å². The summed E-state index contributed by atoms with van der Waals surface area (Å²) >= 11 is 0. The van der Waals surface area contributed by atoms with E-state index in [0.717, 1.165) is 13.0 Å². The summed E-state index contributed by atoms with van der Waals surface area (Å²) in [6, 6.07) is 0. The van der Waals surface area contributed by atoms with Crippen LogP contribution in [0, 0.1) is 5.41 Å². The Kier molecular flexibility index (Phi) is 2.89. The number of carbonyl (C=O) groups is 2.